The van der Waals surface area contributed by atoms with Crippen LogP contribution in [-0.4, -0.2) is 15.0 Å². The Labute approximate surface area is 132 Å². The predicted octanol–water partition coefficient (Wildman–Crippen LogP) is 4.75. The van der Waals surface area contributed by atoms with Crippen molar-refractivity contribution in [2.75, 3.05) is 0 Å². The summed E-state index contributed by atoms with van der Waals surface area (Å²) in [7, 11) is 0. The van der Waals surface area contributed by atoms with Crippen LogP contribution in [0, 0.1) is 0 Å². The smallest absolute Gasteiger partial charge is 0.135 e. The van der Waals surface area contributed by atoms with Crippen LogP contribution >= 0.6 is 15.9 Å². The second-order valence-corrected chi connectivity index (χ2v) is 6.84. The van der Waals surface area contributed by atoms with Crippen molar-refractivity contribution in [1.82, 2.24) is 15.0 Å². The van der Waals surface area contributed by atoms with Crippen molar-refractivity contribution >= 4 is 26.8 Å². The molecule has 1 aromatic carbocycles. The van der Waals surface area contributed by atoms with E-state index in [1.54, 1.807) is 0 Å². The summed E-state index contributed by atoms with van der Waals surface area (Å²) in [4.78, 5) is 13.7. The molecule has 0 saturated carbocycles. The average Bonchev–Trinajstić information content (AvgIpc) is 2.45. The lowest BCUT2D eigenvalue weighted by molar-refractivity contribution is 0.544. The fraction of sp³-hybridized carbons (Fsp3) is 0.235. The van der Waals surface area contributed by atoms with Gasteiger partial charge in [0.1, 0.15) is 10.4 Å². The van der Waals surface area contributed by atoms with E-state index in [0.717, 1.165) is 32.6 Å². The van der Waals surface area contributed by atoms with Crippen LogP contribution in [0.2, 0.25) is 0 Å². The number of fused-ring (bicyclic) bond motifs is 1. The van der Waals surface area contributed by atoms with Crippen molar-refractivity contribution in [1.29, 1.82) is 0 Å². The van der Waals surface area contributed by atoms with Gasteiger partial charge in [0.05, 0.1) is 11.2 Å². The van der Waals surface area contributed by atoms with Gasteiger partial charge >= 0.3 is 0 Å². The summed E-state index contributed by atoms with van der Waals surface area (Å²) in [6.07, 6.45) is 1.81. The number of aromatic nitrogens is 3. The van der Waals surface area contributed by atoms with E-state index in [4.69, 9.17) is 4.98 Å². The zero-order valence-corrected chi connectivity index (χ0v) is 13.8. The molecule has 0 unspecified atom stereocenters. The van der Waals surface area contributed by atoms with Crippen molar-refractivity contribution in [2.24, 2.45) is 0 Å². The van der Waals surface area contributed by atoms with Crippen LogP contribution in [0.1, 0.15) is 26.6 Å². The molecule has 3 nitrogen and oxygen atoms in total. The normalized spacial score (nSPS) is 11.8. The van der Waals surface area contributed by atoms with Crippen molar-refractivity contribution in [3.8, 4) is 11.3 Å². The van der Waals surface area contributed by atoms with Crippen LogP contribution in [0.25, 0.3) is 22.2 Å². The highest BCUT2D eigenvalue weighted by molar-refractivity contribution is 9.10. The van der Waals surface area contributed by atoms with Crippen LogP contribution in [0.15, 0.2) is 47.2 Å². The Balaban J connectivity index is 2.26. The van der Waals surface area contributed by atoms with Gasteiger partial charge in [-0.2, -0.15) is 0 Å². The van der Waals surface area contributed by atoms with Crippen molar-refractivity contribution < 1.29 is 0 Å². The highest BCUT2D eigenvalue weighted by atomic mass is 79.9. The third kappa shape index (κ3) is 2.81. The van der Waals surface area contributed by atoms with E-state index in [-0.39, 0.29) is 5.41 Å². The van der Waals surface area contributed by atoms with Gasteiger partial charge in [0.15, 0.2) is 0 Å². The molecule has 0 bridgehead atoms. The molecule has 0 spiro atoms. The van der Waals surface area contributed by atoms with Gasteiger partial charge in [0, 0.05) is 22.6 Å². The number of hydrogen-bond donors (Lipinski definition) is 0. The van der Waals surface area contributed by atoms with Crippen LogP contribution in [-0.2, 0) is 5.41 Å². The van der Waals surface area contributed by atoms with Crippen LogP contribution < -0.4 is 0 Å². The first-order valence-electron chi connectivity index (χ1n) is 6.84. The minimum absolute atomic E-state index is 0.0959. The Kier molecular flexibility index (Phi) is 3.49. The Hall–Kier alpha value is -1.81. The van der Waals surface area contributed by atoms with E-state index < -0.39 is 0 Å². The van der Waals surface area contributed by atoms with Gasteiger partial charge < -0.3 is 0 Å². The molecule has 0 aliphatic rings. The van der Waals surface area contributed by atoms with E-state index in [9.17, 15) is 0 Å². The quantitative estimate of drug-likeness (QED) is 0.599. The lowest BCUT2D eigenvalue weighted by Gasteiger charge is -2.18. The van der Waals surface area contributed by atoms with E-state index in [1.807, 2.05) is 30.5 Å². The monoisotopic (exact) mass is 341 g/mol. The zero-order chi connectivity index (χ0) is 15.0. The maximum absolute atomic E-state index is 4.76. The molecule has 0 aliphatic heterocycles. The molecule has 106 valence electrons. The average molecular weight is 342 g/mol. The van der Waals surface area contributed by atoms with Crippen molar-refractivity contribution in [3.63, 3.8) is 0 Å². The number of hydrogen-bond acceptors (Lipinski definition) is 3. The number of pyridine rings is 1. The summed E-state index contributed by atoms with van der Waals surface area (Å²) in [5.74, 6) is 0.827. The highest BCUT2D eigenvalue weighted by Gasteiger charge is 2.19. The third-order valence-corrected chi connectivity index (χ3v) is 3.69. The van der Waals surface area contributed by atoms with Gasteiger partial charge in [-0.05, 0) is 34.1 Å². The summed E-state index contributed by atoms with van der Waals surface area (Å²) >= 11 is 3.50. The van der Waals surface area contributed by atoms with Gasteiger partial charge in [-0.3, -0.25) is 4.98 Å². The molecular weight excluding hydrogens is 326 g/mol. The lowest BCUT2D eigenvalue weighted by atomic mass is 9.95. The number of rotatable bonds is 1. The lowest BCUT2D eigenvalue weighted by Crippen LogP contribution is -2.16. The van der Waals surface area contributed by atoms with Crippen molar-refractivity contribution in [3.05, 3.63) is 53.0 Å². The number of benzene rings is 1. The second-order valence-electron chi connectivity index (χ2n) is 6.03. The number of halogens is 1. The van der Waals surface area contributed by atoms with Gasteiger partial charge in [-0.15, -0.1) is 0 Å². The second kappa shape index (κ2) is 5.19. The summed E-state index contributed by atoms with van der Waals surface area (Å²) in [5, 5.41) is 1.10. The molecule has 0 amide bonds. The first-order valence-corrected chi connectivity index (χ1v) is 7.63. The minimum Gasteiger partial charge on any atom is -0.256 e. The maximum atomic E-state index is 4.76. The van der Waals surface area contributed by atoms with Crippen LogP contribution in [0.4, 0.5) is 0 Å². The Morgan fingerprint density at radius 3 is 2.57 bits per heavy atom. The van der Waals surface area contributed by atoms with Crippen LogP contribution in [0.5, 0.6) is 0 Å². The minimum atomic E-state index is -0.0959. The molecule has 4 heteroatoms. The summed E-state index contributed by atoms with van der Waals surface area (Å²) in [5.41, 5.74) is 2.87. The molecule has 0 aliphatic carbocycles. The first kappa shape index (κ1) is 14.1. The van der Waals surface area contributed by atoms with E-state index in [2.05, 4.69) is 58.8 Å². The largest absolute Gasteiger partial charge is 0.256 e. The Morgan fingerprint density at radius 1 is 1.00 bits per heavy atom. The maximum Gasteiger partial charge on any atom is 0.135 e. The summed E-state index contributed by atoms with van der Waals surface area (Å²) in [6.45, 7) is 6.34. The standard InChI is InChI=1S/C17H16BrN3/c1-17(2,3)16-20-14(10-15(18)21-16)12-6-4-8-13-11(12)7-5-9-19-13/h4-10H,1-3H3. The molecule has 3 aromatic rings. The molecule has 2 aromatic heterocycles. The van der Waals surface area contributed by atoms with E-state index in [1.165, 1.54) is 0 Å². The summed E-state index contributed by atoms with van der Waals surface area (Å²) < 4.78 is 0.804. The zero-order valence-electron chi connectivity index (χ0n) is 12.3. The van der Waals surface area contributed by atoms with E-state index in [0.29, 0.717) is 0 Å². The molecule has 0 N–H and O–H groups in total. The molecule has 0 fully saturated rings. The molecule has 0 atom stereocenters. The molecule has 3 rings (SSSR count). The molecule has 21 heavy (non-hydrogen) atoms. The first-order chi connectivity index (χ1) is 9.95. The van der Waals surface area contributed by atoms with Crippen LogP contribution in [0.3, 0.4) is 0 Å². The van der Waals surface area contributed by atoms with Gasteiger partial charge in [-0.25, -0.2) is 9.97 Å². The predicted molar refractivity (Wildman–Crippen MR) is 89.2 cm³/mol. The molecular formula is C17H16BrN3. The highest BCUT2D eigenvalue weighted by Crippen LogP contribution is 2.29. The fourth-order valence-electron chi connectivity index (χ4n) is 2.22. The van der Waals surface area contributed by atoms with E-state index >= 15 is 0 Å². The van der Waals surface area contributed by atoms with Gasteiger partial charge in [-0.1, -0.05) is 39.0 Å². The Bertz CT molecular complexity index is 801. The van der Waals surface area contributed by atoms with Crippen molar-refractivity contribution in [2.45, 2.75) is 26.2 Å². The molecule has 2 heterocycles. The number of nitrogens with zero attached hydrogens (tertiary/aromatic N) is 3. The van der Waals surface area contributed by atoms with Gasteiger partial charge in [0.25, 0.3) is 0 Å². The summed E-state index contributed by atoms with van der Waals surface area (Å²) in [6, 6.07) is 12.1. The molecule has 0 radical (unpaired) electrons. The van der Waals surface area contributed by atoms with Gasteiger partial charge in [0.2, 0.25) is 0 Å². The third-order valence-electron chi connectivity index (χ3n) is 3.29. The fourth-order valence-corrected chi connectivity index (χ4v) is 2.60. The SMILES string of the molecule is CC(C)(C)c1nc(Br)cc(-c2cccc3ncccc23)n1. The topological polar surface area (TPSA) is 38.7 Å². The molecule has 0 saturated heterocycles. The Morgan fingerprint density at radius 2 is 1.81 bits per heavy atom.